The molecule has 0 aromatic heterocycles. The predicted molar refractivity (Wildman–Crippen MR) is 89.1 cm³/mol. The maximum atomic E-state index is 12.4. The lowest BCUT2D eigenvalue weighted by atomic mass is 9.98. The van der Waals surface area contributed by atoms with Crippen LogP contribution in [0.4, 0.5) is 16.2 Å². The number of amidine groups is 1. The summed E-state index contributed by atoms with van der Waals surface area (Å²) in [6, 6.07) is 3.05. The fourth-order valence-electron chi connectivity index (χ4n) is 2.94. The molecule has 0 radical (unpaired) electrons. The number of nitrogens with zero attached hydrogens (tertiary/aromatic N) is 2. The molecule has 128 valence electrons. The van der Waals surface area contributed by atoms with Crippen molar-refractivity contribution in [3.05, 3.63) is 23.3 Å². The van der Waals surface area contributed by atoms with Crippen LogP contribution in [0.1, 0.15) is 25.0 Å². The van der Waals surface area contributed by atoms with Gasteiger partial charge in [0.2, 0.25) is 0 Å². The first-order valence-corrected chi connectivity index (χ1v) is 7.72. The number of urea groups is 1. The molecule has 3 N–H and O–H groups in total. The van der Waals surface area contributed by atoms with Gasteiger partial charge in [-0.1, -0.05) is 13.8 Å². The van der Waals surface area contributed by atoms with Crippen molar-refractivity contribution < 1.29 is 19.7 Å². The zero-order valence-electron chi connectivity index (χ0n) is 14.0. The quantitative estimate of drug-likeness (QED) is 0.578. The number of hydrogen-bond donors (Lipinski definition) is 3. The number of amides is 3. The van der Waals surface area contributed by atoms with Crippen molar-refractivity contribution in [1.29, 1.82) is 0 Å². The van der Waals surface area contributed by atoms with Crippen LogP contribution in [0.5, 0.6) is 0 Å². The molecule has 0 bridgehead atoms. The Kier molecular flexibility index (Phi) is 3.81. The maximum Gasteiger partial charge on any atom is 0.349 e. The summed E-state index contributed by atoms with van der Waals surface area (Å²) < 4.78 is 0. The average molecular weight is 332 g/mol. The summed E-state index contributed by atoms with van der Waals surface area (Å²) in [7, 11) is 0. The minimum absolute atomic E-state index is 0.0307. The molecule has 0 aliphatic carbocycles. The molecule has 8 heteroatoms. The third-order valence-electron chi connectivity index (χ3n) is 4.22. The number of benzene rings is 1. The van der Waals surface area contributed by atoms with E-state index in [4.69, 9.17) is 0 Å². The van der Waals surface area contributed by atoms with Gasteiger partial charge in [0.15, 0.2) is 5.84 Å². The van der Waals surface area contributed by atoms with Crippen molar-refractivity contribution in [2.75, 3.05) is 16.8 Å². The monoisotopic (exact) mass is 332 g/mol. The summed E-state index contributed by atoms with van der Waals surface area (Å²) in [5.41, 5.74) is 1.54. The van der Waals surface area contributed by atoms with Gasteiger partial charge in [0.25, 0.3) is 5.91 Å². The Morgan fingerprint density at radius 2 is 1.96 bits per heavy atom. The van der Waals surface area contributed by atoms with Gasteiger partial charge in [-0.3, -0.25) is 10.1 Å². The summed E-state index contributed by atoms with van der Waals surface area (Å²) >= 11 is 0. The highest BCUT2D eigenvalue weighted by atomic mass is 17.1. The van der Waals surface area contributed by atoms with E-state index in [0.717, 1.165) is 16.8 Å². The van der Waals surface area contributed by atoms with E-state index in [1.54, 1.807) is 4.90 Å². The molecule has 2 aliphatic rings. The topological polar surface area (TPSA) is 103 Å². The molecule has 1 unspecified atom stereocenters. The van der Waals surface area contributed by atoms with Crippen LogP contribution >= 0.6 is 0 Å². The van der Waals surface area contributed by atoms with Crippen LogP contribution in [-0.2, 0) is 9.68 Å². The predicted octanol–water partition coefficient (Wildman–Crippen LogP) is 2.03. The molecule has 24 heavy (non-hydrogen) atoms. The highest BCUT2D eigenvalue weighted by Crippen LogP contribution is 2.39. The van der Waals surface area contributed by atoms with Crippen molar-refractivity contribution in [2.45, 2.75) is 33.4 Å². The molecule has 1 atom stereocenters. The second kappa shape index (κ2) is 5.57. The first kappa shape index (κ1) is 16.4. The van der Waals surface area contributed by atoms with Crippen LogP contribution in [0.15, 0.2) is 17.1 Å². The molecule has 8 nitrogen and oxygen atoms in total. The number of aliphatic imine (C=N–C) groups is 1. The van der Waals surface area contributed by atoms with E-state index >= 15 is 0 Å². The Morgan fingerprint density at radius 1 is 1.29 bits per heavy atom. The van der Waals surface area contributed by atoms with Gasteiger partial charge in [-0.05, 0) is 43.0 Å². The SMILES string of the molecule is Cc1cc2c(cc1C)N(CC(C)C)C1=NC(=O)NC(=O)C1(OO)N2. The van der Waals surface area contributed by atoms with Crippen molar-refractivity contribution in [1.82, 2.24) is 5.32 Å². The van der Waals surface area contributed by atoms with Crippen LogP contribution in [0.25, 0.3) is 0 Å². The molecular weight excluding hydrogens is 312 g/mol. The van der Waals surface area contributed by atoms with Gasteiger partial charge in [0, 0.05) is 6.54 Å². The Labute approximate surface area is 139 Å². The van der Waals surface area contributed by atoms with E-state index < -0.39 is 17.7 Å². The second-order valence-corrected chi connectivity index (χ2v) is 6.55. The molecule has 3 amide bonds. The molecular formula is C16H20N4O4. The van der Waals surface area contributed by atoms with Crippen LogP contribution in [0, 0.1) is 19.8 Å². The normalized spacial score (nSPS) is 22.6. The van der Waals surface area contributed by atoms with E-state index in [1.807, 2.05) is 39.8 Å². The summed E-state index contributed by atoms with van der Waals surface area (Å²) in [5.74, 6) is -0.558. The summed E-state index contributed by atoms with van der Waals surface area (Å²) in [6.45, 7) is 8.45. The lowest BCUT2D eigenvalue weighted by molar-refractivity contribution is -0.284. The number of anilines is 2. The van der Waals surface area contributed by atoms with Crippen molar-refractivity contribution in [3.63, 3.8) is 0 Å². The number of aryl methyl sites for hydroxylation is 2. The number of rotatable bonds is 3. The molecule has 3 rings (SSSR count). The van der Waals surface area contributed by atoms with Gasteiger partial charge in [-0.2, -0.15) is 9.88 Å². The maximum absolute atomic E-state index is 12.4. The average Bonchev–Trinajstić information content (AvgIpc) is 2.50. The van der Waals surface area contributed by atoms with Gasteiger partial charge in [0.1, 0.15) is 0 Å². The fourth-order valence-corrected chi connectivity index (χ4v) is 2.94. The standard InChI is InChI=1S/C16H20N4O4/c1-8(2)7-20-12-6-10(4)9(3)5-11(12)19-16(24-23)13(20)17-15(22)18-14(16)21/h5-6,8,19,23H,7H2,1-4H3,(H,18,21,22). The smallest absolute Gasteiger partial charge is 0.339 e. The Balaban J connectivity index is 2.26. The summed E-state index contributed by atoms with van der Waals surface area (Å²) in [5, 5.41) is 14.4. The van der Waals surface area contributed by atoms with E-state index in [9.17, 15) is 14.8 Å². The van der Waals surface area contributed by atoms with E-state index in [1.165, 1.54) is 0 Å². The highest BCUT2D eigenvalue weighted by Gasteiger charge is 2.55. The van der Waals surface area contributed by atoms with Crippen LogP contribution in [0.2, 0.25) is 0 Å². The van der Waals surface area contributed by atoms with Gasteiger partial charge in [-0.25, -0.2) is 10.1 Å². The first-order valence-electron chi connectivity index (χ1n) is 7.72. The van der Waals surface area contributed by atoms with Gasteiger partial charge in [-0.15, -0.1) is 0 Å². The zero-order valence-corrected chi connectivity index (χ0v) is 14.0. The minimum Gasteiger partial charge on any atom is -0.339 e. The van der Waals surface area contributed by atoms with E-state index in [0.29, 0.717) is 12.2 Å². The lowest BCUT2D eigenvalue weighted by Crippen LogP contribution is -2.69. The molecule has 2 heterocycles. The number of fused-ring (bicyclic) bond motifs is 2. The second-order valence-electron chi connectivity index (χ2n) is 6.55. The minimum atomic E-state index is -1.95. The highest BCUT2D eigenvalue weighted by molar-refractivity contribution is 6.29. The van der Waals surface area contributed by atoms with E-state index in [-0.39, 0.29) is 11.8 Å². The summed E-state index contributed by atoms with van der Waals surface area (Å²) in [4.78, 5) is 34.3. The number of carbonyl (C=O) groups is 2. The van der Waals surface area contributed by atoms with Crippen LogP contribution in [0.3, 0.4) is 0 Å². The van der Waals surface area contributed by atoms with Crippen molar-refractivity contribution >= 4 is 29.1 Å². The van der Waals surface area contributed by atoms with E-state index in [2.05, 4.69) is 20.5 Å². The molecule has 0 spiro atoms. The van der Waals surface area contributed by atoms with Crippen molar-refractivity contribution in [2.24, 2.45) is 10.9 Å². The third-order valence-corrected chi connectivity index (χ3v) is 4.22. The third kappa shape index (κ3) is 2.35. The number of hydrogen-bond acceptors (Lipinski definition) is 6. The van der Waals surface area contributed by atoms with Gasteiger partial charge >= 0.3 is 11.8 Å². The van der Waals surface area contributed by atoms with Crippen LogP contribution in [-0.4, -0.2) is 35.3 Å². The Morgan fingerprint density at radius 3 is 2.58 bits per heavy atom. The van der Waals surface area contributed by atoms with Crippen LogP contribution < -0.4 is 15.5 Å². The zero-order chi connectivity index (χ0) is 17.6. The van der Waals surface area contributed by atoms with Gasteiger partial charge in [0.05, 0.1) is 11.4 Å². The molecule has 0 saturated heterocycles. The molecule has 1 aromatic carbocycles. The lowest BCUT2D eigenvalue weighted by Gasteiger charge is -2.44. The molecule has 0 fully saturated rings. The fraction of sp³-hybridized carbons (Fsp3) is 0.438. The molecule has 2 aliphatic heterocycles. The van der Waals surface area contributed by atoms with Gasteiger partial charge < -0.3 is 10.2 Å². The number of carbonyl (C=O) groups excluding carboxylic acids is 2. The van der Waals surface area contributed by atoms with Crippen molar-refractivity contribution in [3.8, 4) is 0 Å². The first-order chi connectivity index (χ1) is 11.3. The Hall–Kier alpha value is -2.45. The number of nitrogens with one attached hydrogen (secondary N) is 2. The number of imide groups is 1. The summed E-state index contributed by atoms with van der Waals surface area (Å²) in [6.07, 6.45) is 0. The largest absolute Gasteiger partial charge is 0.349 e. The Bertz CT molecular complexity index is 759. The molecule has 1 aromatic rings. The molecule has 0 saturated carbocycles.